The molecular weight excluding hydrogens is 293 g/mol. The SMILES string of the molecule is O[C@@H]1[C@@H](NCc2ccccc2)CCC[C@H]1Oc1ccccc1F. The van der Waals surface area contributed by atoms with Crippen molar-refractivity contribution >= 4 is 0 Å². The molecule has 1 aliphatic rings. The van der Waals surface area contributed by atoms with Crippen molar-refractivity contribution in [3.05, 3.63) is 66.0 Å². The third kappa shape index (κ3) is 4.09. The summed E-state index contributed by atoms with van der Waals surface area (Å²) in [6, 6.07) is 16.4. The van der Waals surface area contributed by atoms with Gasteiger partial charge in [0, 0.05) is 12.6 Å². The lowest BCUT2D eigenvalue weighted by molar-refractivity contribution is -0.0173. The van der Waals surface area contributed by atoms with Gasteiger partial charge in [-0.15, -0.1) is 0 Å². The smallest absolute Gasteiger partial charge is 0.165 e. The summed E-state index contributed by atoms with van der Waals surface area (Å²) >= 11 is 0. The Morgan fingerprint density at radius 2 is 1.78 bits per heavy atom. The molecule has 0 unspecified atom stereocenters. The summed E-state index contributed by atoms with van der Waals surface area (Å²) in [7, 11) is 0. The minimum Gasteiger partial charge on any atom is -0.485 e. The van der Waals surface area contributed by atoms with Crippen LogP contribution in [-0.2, 0) is 6.54 Å². The summed E-state index contributed by atoms with van der Waals surface area (Å²) < 4.78 is 19.4. The van der Waals surface area contributed by atoms with Crippen LogP contribution >= 0.6 is 0 Å². The van der Waals surface area contributed by atoms with E-state index < -0.39 is 6.10 Å². The van der Waals surface area contributed by atoms with Crippen molar-refractivity contribution in [3.63, 3.8) is 0 Å². The van der Waals surface area contributed by atoms with Crippen LogP contribution in [-0.4, -0.2) is 23.4 Å². The van der Waals surface area contributed by atoms with Crippen molar-refractivity contribution in [2.24, 2.45) is 0 Å². The van der Waals surface area contributed by atoms with Gasteiger partial charge in [-0.05, 0) is 37.0 Å². The van der Waals surface area contributed by atoms with E-state index in [0.717, 1.165) is 19.3 Å². The zero-order valence-electron chi connectivity index (χ0n) is 13.0. The van der Waals surface area contributed by atoms with E-state index in [4.69, 9.17) is 4.74 Å². The highest BCUT2D eigenvalue weighted by atomic mass is 19.1. The zero-order valence-corrected chi connectivity index (χ0v) is 13.0. The van der Waals surface area contributed by atoms with Gasteiger partial charge in [0.05, 0.1) is 0 Å². The molecule has 2 N–H and O–H groups in total. The van der Waals surface area contributed by atoms with Crippen molar-refractivity contribution in [2.75, 3.05) is 0 Å². The molecule has 0 spiro atoms. The average Bonchev–Trinajstić information content (AvgIpc) is 2.58. The van der Waals surface area contributed by atoms with Gasteiger partial charge < -0.3 is 15.2 Å². The second-order valence-electron chi connectivity index (χ2n) is 5.98. The van der Waals surface area contributed by atoms with Crippen molar-refractivity contribution < 1.29 is 14.2 Å². The lowest BCUT2D eigenvalue weighted by Crippen LogP contribution is -2.51. The van der Waals surface area contributed by atoms with E-state index >= 15 is 0 Å². The first-order chi connectivity index (χ1) is 11.2. The molecule has 23 heavy (non-hydrogen) atoms. The molecular formula is C19H22FNO2. The first-order valence-electron chi connectivity index (χ1n) is 8.10. The summed E-state index contributed by atoms with van der Waals surface area (Å²) in [4.78, 5) is 0. The largest absolute Gasteiger partial charge is 0.485 e. The number of rotatable bonds is 5. The van der Waals surface area contributed by atoms with E-state index in [-0.39, 0.29) is 23.7 Å². The molecule has 0 saturated heterocycles. The number of hydrogen-bond donors (Lipinski definition) is 2. The fourth-order valence-corrected chi connectivity index (χ4v) is 3.04. The molecule has 122 valence electrons. The van der Waals surface area contributed by atoms with E-state index in [1.165, 1.54) is 11.6 Å². The molecule has 0 aliphatic heterocycles. The molecule has 1 fully saturated rings. The number of para-hydroxylation sites is 1. The number of aliphatic hydroxyl groups excluding tert-OH is 1. The Morgan fingerprint density at radius 1 is 1.04 bits per heavy atom. The minimum absolute atomic E-state index is 0.0410. The van der Waals surface area contributed by atoms with E-state index in [1.54, 1.807) is 18.2 Å². The average molecular weight is 315 g/mol. The quantitative estimate of drug-likeness (QED) is 0.890. The number of ether oxygens (including phenoxy) is 1. The van der Waals surface area contributed by atoms with Crippen LogP contribution in [0, 0.1) is 5.82 Å². The first-order valence-corrected chi connectivity index (χ1v) is 8.10. The van der Waals surface area contributed by atoms with Gasteiger partial charge in [0.2, 0.25) is 0 Å². The topological polar surface area (TPSA) is 41.5 Å². The highest BCUT2D eigenvalue weighted by Crippen LogP contribution is 2.26. The number of halogens is 1. The molecule has 1 saturated carbocycles. The van der Waals surface area contributed by atoms with Gasteiger partial charge in [0.1, 0.15) is 12.2 Å². The van der Waals surface area contributed by atoms with Crippen LogP contribution in [0.4, 0.5) is 4.39 Å². The Morgan fingerprint density at radius 3 is 2.57 bits per heavy atom. The van der Waals surface area contributed by atoms with Gasteiger partial charge in [0.15, 0.2) is 11.6 Å². The molecule has 4 heteroatoms. The lowest BCUT2D eigenvalue weighted by Gasteiger charge is -2.35. The van der Waals surface area contributed by atoms with Crippen molar-refractivity contribution in [1.29, 1.82) is 0 Å². The summed E-state index contributed by atoms with van der Waals surface area (Å²) in [5.41, 5.74) is 1.18. The highest BCUT2D eigenvalue weighted by Gasteiger charge is 2.33. The molecule has 0 radical (unpaired) electrons. The summed E-state index contributed by atoms with van der Waals surface area (Å²) in [5.74, 6) is -0.181. The van der Waals surface area contributed by atoms with Crippen LogP contribution in [0.3, 0.4) is 0 Å². The molecule has 0 bridgehead atoms. The molecule has 0 amide bonds. The summed E-state index contributed by atoms with van der Waals surface area (Å²) in [5, 5.41) is 13.9. The van der Waals surface area contributed by atoms with E-state index in [0.29, 0.717) is 6.54 Å². The predicted molar refractivity (Wildman–Crippen MR) is 87.7 cm³/mol. The number of nitrogens with one attached hydrogen (secondary N) is 1. The first kappa shape index (κ1) is 16.0. The molecule has 3 nitrogen and oxygen atoms in total. The summed E-state index contributed by atoms with van der Waals surface area (Å²) in [6.45, 7) is 0.703. The van der Waals surface area contributed by atoms with E-state index in [2.05, 4.69) is 17.4 Å². The highest BCUT2D eigenvalue weighted by molar-refractivity contribution is 5.24. The van der Waals surface area contributed by atoms with Crippen LogP contribution in [0.1, 0.15) is 24.8 Å². The predicted octanol–water partition coefficient (Wildman–Crippen LogP) is 3.28. The Balaban J connectivity index is 1.59. The monoisotopic (exact) mass is 315 g/mol. The molecule has 3 rings (SSSR count). The second-order valence-corrected chi connectivity index (χ2v) is 5.98. The molecule has 0 aromatic heterocycles. The standard InChI is InChI=1S/C19H22FNO2/c20-15-9-4-5-11-17(15)23-18-12-6-10-16(19(18)22)21-13-14-7-2-1-3-8-14/h1-5,7-9,11,16,18-19,21-22H,6,10,12-13H2/t16-,18+,19+/m0/s1. The van der Waals surface area contributed by atoms with Gasteiger partial charge in [0.25, 0.3) is 0 Å². The summed E-state index contributed by atoms with van der Waals surface area (Å²) in [6.07, 6.45) is 1.55. The minimum atomic E-state index is -0.646. The molecule has 2 aromatic rings. The lowest BCUT2D eigenvalue weighted by atomic mass is 9.89. The van der Waals surface area contributed by atoms with Crippen LogP contribution in [0.5, 0.6) is 5.75 Å². The fraction of sp³-hybridized carbons (Fsp3) is 0.368. The maximum absolute atomic E-state index is 13.7. The number of hydrogen-bond acceptors (Lipinski definition) is 3. The van der Waals surface area contributed by atoms with Gasteiger partial charge in [-0.1, -0.05) is 42.5 Å². The van der Waals surface area contributed by atoms with Gasteiger partial charge in [-0.3, -0.25) is 0 Å². The second kappa shape index (κ2) is 7.57. The number of benzene rings is 2. The Bertz CT molecular complexity index is 620. The third-order valence-electron chi connectivity index (χ3n) is 4.32. The number of aliphatic hydroxyl groups is 1. The molecule has 0 heterocycles. The fourth-order valence-electron chi connectivity index (χ4n) is 3.04. The normalized spacial score (nSPS) is 24.3. The van der Waals surface area contributed by atoms with Crippen molar-refractivity contribution in [1.82, 2.24) is 5.32 Å². The molecule has 3 atom stereocenters. The van der Waals surface area contributed by atoms with Crippen LogP contribution in [0.25, 0.3) is 0 Å². The maximum Gasteiger partial charge on any atom is 0.165 e. The maximum atomic E-state index is 13.7. The Labute approximate surface area is 136 Å². The van der Waals surface area contributed by atoms with Gasteiger partial charge in [-0.25, -0.2) is 4.39 Å². The van der Waals surface area contributed by atoms with Gasteiger partial charge in [-0.2, -0.15) is 0 Å². The van der Waals surface area contributed by atoms with Crippen molar-refractivity contribution in [2.45, 2.75) is 44.1 Å². The van der Waals surface area contributed by atoms with E-state index in [1.807, 2.05) is 18.2 Å². The Hall–Kier alpha value is -1.91. The van der Waals surface area contributed by atoms with Crippen LogP contribution in [0.2, 0.25) is 0 Å². The van der Waals surface area contributed by atoms with Gasteiger partial charge >= 0.3 is 0 Å². The van der Waals surface area contributed by atoms with Crippen LogP contribution in [0.15, 0.2) is 54.6 Å². The molecule has 2 aromatic carbocycles. The van der Waals surface area contributed by atoms with Crippen LogP contribution < -0.4 is 10.1 Å². The molecule has 1 aliphatic carbocycles. The third-order valence-corrected chi connectivity index (χ3v) is 4.32. The Kier molecular flexibility index (Phi) is 5.26. The van der Waals surface area contributed by atoms with Crippen molar-refractivity contribution in [3.8, 4) is 5.75 Å². The zero-order chi connectivity index (χ0) is 16.1. The van der Waals surface area contributed by atoms with E-state index in [9.17, 15) is 9.50 Å².